The van der Waals surface area contributed by atoms with Crippen LogP contribution in [0.3, 0.4) is 0 Å². The second-order valence-electron chi connectivity index (χ2n) is 8.88. The van der Waals surface area contributed by atoms with Crippen LogP contribution in [0.4, 0.5) is 17.2 Å². The molecule has 0 saturated carbocycles. The van der Waals surface area contributed by atoms with E-state index >= 15 is 0 Å². The Morgan fingerprint density at radius 1 is 1.17 bits per heavy atom. The van der Waals surface area contributed by atoms with E-state index in [0.717, 1.165) is 19.3 Å². The fraction of sp³-hybridized carbons (Fsp3) is 0.520. The molecule has 0 bridgehead atoms. The number of unbranched alkanes of at least 4 members (excludes halogenated alkanes) is 1. The van der Waals surface area contributed by atoms with Crippen molar-refractivity contribution < 1.29 is 14.3 Å². The number of carbonyl (C=O) groups excluding carboxylic acids is 2. The minimum absolute atomic E-state index is 0.0450. The number of aryl methyl sites for hydroxylation is 1. The Morgan fingerprint density at radius 3 is 2.46 bits per heavy atom. The highest BCUT2D eigenvalue weighted by Crippen LogP contribution is 2.19. The Balaban J connectivity index is 2.14. The molecule has 0 saturated heterocycles. The largest absolute Gasteiger partial charge is 0.383 e. The lowest BCUT2D eigenvalue weighted by Gasteiger charge is -2.24. The van der Waals surface area contributed by atoms with Crippen molar-refractivity contribution in [2.24, 2.45) is 5.92 Å². The van der Waals surface area contributed by atoms with Crippen molar-refractivity contribution in [1.82, 2.24) is 9.55 Å². The number of H-pyrrole nitrogens is 1. The van der Waals surface area contributed by atoms with Gasteiger partial charge in [0.05, 0.1) is 6.61 Å². The SMILES string of the molecule is CCCCc1ccc(NC(=O)CCC(=O)N(CCOC)c2c(N)n(CC(C)C)c(=O)[nH]c2=O)cc1. The number of nitrogens with two attached hydrogens (primary N) is 1. The zero-order valence-electron chi connectivity index (χ0n) is 21.1. The number of ether oxygens (including phenoxy) is 1. The molecule has 0 atom stereocenters. The number of aromatic nitrogens is 2. The van der Waals surface area contributed by atoms with E-state index in [9.17, 15) is 19.2 Å². The molecule has 1 heterocycles. The summed E-state index contributed by atoms with van der Waals surface area (Å²) in [6, 6.07) is 7.63. The third-order valence-corrected chi connectivity index (χ3v) is 5.47. The zero-order valence-corrected chi connectivity index (χ0v) is 21.1. The molecule has 0 aliphatic rings. The Bertz CT molecular complexity index is 1100. The van der Waals surface area contributed by atoms with Crippen LogP contribution < -0.4 is 27.2 Å². The van der Waals surface area contributed by atoms with Gasteiger partial charge in [-0.1, -0.05) is 39.3 Å². The van der Waals surface area contributed by atoms with Crippen molar-refractivity contribution in [3.63, 3.8) is 0 Å². The van der Waals surface area contributed by atoms with Gasteiger partial charge in [-0.05, 0) is 36.5 Å². The summed E-state index contributed by atoms with van der Waals surface area (Å²) in [5.74, 6) is -0.803. The summed E-state index contributed by atoms with van der Waals surface area (Å²) >= 11 is 0. The highest BCUT2D eigenvalue weighted by molar-refractivity contribution is 5.99. The minimum Gasteiger partial charge on any atom is -0.383 e. The van der Waals surface area contributed by atoms with Crippen LogP contribution in [-0.2, 0) is 27.3 Å². The predicted molar refractivity (Wildman–Crippen MR) is 138 cm³/mol. The van der Waals surface area contributed by atoms with Crippen molar-refractivity contribution in [3.05, 3.63) is 50.7 Å². The average molecular weight is 488 g/mol. The number of hydrogen-bond donors (Lipinski definition) is 3. The Hall–Kier alpha value is -3.40. The fourth-order valence-electron chi connectivity index (χ4n) is 3.64. The number of nitrogens with zero attached hydrogens (tertiary/aromatic N) is 2. The molecule has 0 radical (unpaired) electrons. The topological polar surface area (TPSA) is 140 Å². The third-order valence-electron chi connectivity index (χ3n) is 5.47. The number of benzene rings is 1. The highest BCUT2D eigenvalue weighted by atomic mass is 16.5. The number of amides is 2. The Labute approximate surface area is 205 Å². The van der Waals surface area contributed by atoms with E-state index in [4.69, 9.17) is 10.5 Å². The van der Waals surface area contributed by atoms with E-state index in [-0.39, 0.29) is 55.9 Å². The summed E-state index contributed by atoms with van der Waals surface area (Å²) in [6.07, 6.45) is 2.99. The number of carbonyl (C=O) groups is 2. The molecule has 2 aromatic rings. The Kier molecular flexibility index (Phi) is 10.7. The van der Waals surface area contributed by atoms with Crippen LogP contribution in [0.2, 0.25) is 0 Å². The molecular weight excluding hydrogens is 450 g/mol. The van der Waals surface area contributed by atoms with Gasteiger partial charge in [-0.3, -0.25) is 23.9 Å². The predicted octanol–water partition coefficient (Wildman–Crippen LogP) is 2.52. The smallest absolute Gasteiger partial charge is 0.330 e. The van der Waals surface area contributed by atoms with Crippen molar-refractivity contribution in [2.75, 3.05) is 36.2 Å². The van der Waals surface area contributed by atoms with Gasteiger partial charge in [-0.2, -0.15) is 0 Å². The number of hydrogen-bond acceptors (Lipinski definition) is 6. The quantitative estimate of drug-likeness (QED) is 0.397. The maximum absolute atomic E-state index is 13.1. The maximum Gasteiger partial charge on any atom is 0.330 e. The van der Waals surface area contributed by atoms with E-state index in [1.54, 1.807) is 0 Å². The van der Waals surface area contributed by atoms with E-state index < -0.39 is 17.2 Å². The molecule has 0 unspecified atom stereocenters. The first kappa shape index (κ1) is 27.8. The molecule has 10 nitrogen and oxygen atoms in total. The van der Waals surface area contributed by atoms with E-state index in [1.807, 2.05) is 38.1 Å². The molecule has 0 aliphatic heterocycles. The molecule has 0 spiro atoms. The van der Waals surface area contributed by atoms with Crippen molar-refractivity contribution in [3.8, 4) is 0 Å². The van der Waals surface area contributed by atoms with Gasteiger partial charge in [-0.15, -0.1) is 0 Å². The van der Waals surface area contributed by atoms with E-state index in [2.05, 4.69) is 17.2 Å². The normalized spacial score (nSPS) is 11.0. The van der Waals surface area contributed by atoms with Crippen molar-refractivity contribution in [1.29, 1.82) is 0 Å². The van der Waals surface area contributed by atoms with Gasteiger partial charge in [0, 0.05) is 38.7 Å². The van der Waals surface area contributed by atoms with Crippen LogP contribution in [-0.4, -0.2) is 41.6 Å². The molecule has 10 heteroatoms. The summed E-state index contributed by atoms with van der Waals surface area (Å²) in [7, 11) is 1.47. The number of nitrogens with one attached hydrogen (secondary N) is 2. The molecular formula is C25H37N5O5. The van der Waals surface area contributed by atoms with E-state index in [1.165, 1.54) is 22.1 Å². The van der Waals surface area contributed by atoms with Gasteiger partial charge in [0.25, 0.3) is 5.56 Å². The molecule has 2 amide bonds. The molecule has 0 fully saturated rings. The summed E-state index contributed by atoms with van der Waals surface area (Å²) in [4.78, 5) is 53.8. The monoisotopic (exact) mass is 487 g/mol. The lowest BCUT2D eigenvalue weighted by atomic mass is 10.1. The van der Waals surface area contributed by atoms with Crippen molar-refractivity contribution in [2.45, 2.75) is 59.4 Å². The minimum atomic E-state index is -0.760. The molecule has 1 aromatic carbocycles. The van der Waals surface area contributed by atoms with Gasteiger partial charge in [-0.25, -0.2) is 4.79 Å². The number of rotatable bonds is 13. The van der Waals surface area contributed by atoms with Crippen LogP contribution in [0.25, 0.3) is 0 Å². The van der Waals surface area contributed by atoms with Crippen LogP contribution in [0.15, 0.2) is 33.9 Å². The standard InChI is InChI=1S/C25H37N5O5/c1-5-6-7-18-8-10-19(11-9-18)27-20(31)12-13-21(32)29(14-15-35-4)22-23(26)30(16-17(2)3)25(34)28-24(22)33/h8-11,17H,5-7,12-16,26H2,1-4H3,(H,27,31)(H,28,33,34). The number of aromatic amines is 1. The number of nitrogen functional groups attached to an aromatic ring is 1. The van der Waals surface area contributed by atoms with Gasteiger partial charge in [0.1, 0.15) is 5.82 Å². The molecule has 192 valence electrons. The molecule has 1 aromatic heterocycles. The highest BCUT2D eigenvalue weighted by Gasteiger charge is 2.24. The first-order valence-corrected chi connectivity index (χ1v) is 12.0. The number of anilines is 3. The summed E-state index contributed by atoms with van der Waals surface area (Å²) < 4.78 is 6.33. The fourth-order valence-corrected chi connectivity index (χ4v) is 3.64. The van der Waals surface area contributed by atoms with Gasteiger partial charge < -0.3 is 20.7 Å². The van der Waals surface area contributed by atoms with E-state index in [0.29, 0.717) is 5.69 Å². The van der Waals surface area contributed by atoms with Crippen LogP contribution in [0, 0.1) is 5.92 Å². The Morgan fingerprint density at radius 2 is 1.86 bits per heavy atom. The molecule has 2 rings (SSSR count). The molecule has 35 heavy (non-hydrogen) atoms. The van der Waals surface area contributed by atoms with Crippen LogP contribution >= 0.6 is 0 Å². The second-order valence-corrected chi connectivity index (χ2v) is 8.88. The second kappa shape index (κ2) is 13.5. The van der Waals surface area contributed by atoms with Crippen LogP contribution in [0.5, 0.6) is 0 Å². The average Bonchev–Trinajstić information content (AvgIpc) is 2.81. The third kappa shape index (κ3) is 8.10. The molecule has 4 N–H and O–H groups in total. The first-order valence-electron chi connectivity index (χ1n) is 12.0. The summed E-state index contributed by atoms with van der Waals surface area (Å²) in [6.45, 7) is 6.41. The number of methoxy groups -OCH3 is 1. The summed E-state index contributed by atoms with van der Waals surface area (Å²) in [5, 5.41) is 2.79. The van der Waals surface area contributed by atoms with Gasteiger partial charge in [0.15, 0.2) is 5.69 Å². The lowest BCUT2D eigenvalue weighted by molar-refractivity contribution is -0.122. The van der Waals surface area contributed by atoms with Gasteiger partial charge in [0.2, 0.25) is 11.8 Å². The first-order chi connectivity index (χ1) is 16.7. The maximum atomic E-state index is 13.1. The van der Waals surface area contributed by atoms with Crippen LogP contribution in [0.1, 0.15) is 52.0 Å². The van der Waals surface area contributed by atoms with Crippen molar-refractivity contribution >= 4 is 29.0 Å². The lowest BCUT2D eigenvalue weighted by Crippen LogP contribution is -2.43. The zero-order chi connectivity index (χ0) is 26.0. The van der Waals surface area contributed by atoms with Gasteiger partial charge >= 0.3 is 5.69 Å². The summed E-state index contributed by atoms with van der Waals surface area (Å²) in [5.41, 5.74) is 6.52. The molecule has 0 aliphatic carbocycles.